The number of aromatic hydroxyl groups is 1. The summed E-state index contributed by atoms with van der Waals surface area (Å²) in [6.45, 7) is 5.10. The van der Waals surface area contributed by atoms with Crippen LogP contribution in [0.3, 0.4) is 0 Å². The molecule has 1 aromatic carbocycles. The van der Waals surface area contributed by atoms with Gasteiger partial charge in [-0.3, -0.25) is 0 Å². The molecule has 0 unspecified atom stereocenters. The largest absolute Gasteiger partial charge is 0.507 e. The Bertz CT molecular complexity index is 378. The maximum atomic E-state index is 9.97. The highest BCUT2D eigenvalue weighted by molar-refractivity contribution is 6.30. The molecule has 1 aromatic rings. The SMILES string of the molecule is Cc1cc(Cl)cc([C@@H]2C[C@@H](C)CN2)c1O. The van der Waals surface area contributed by atoms with Crippen LogP contribution >= 0.6 is 11.6 Å². The first-order valence-corrected chi connectivity index (χ1v) is 5.68. The van der Waals surface area contributed by atoms with Gasteiger partial charge in [0.25, 0.3) is 0 Å². The molecule has 2 rings (SSSR count). The Kier molecular flexibility index (Phi) is 2.89. The maximum absolute atomic E-state index is 9.97. The second kappa shape index (κ2) is 4.03. The zero-order valence-corrected chi connectivity index (χ0v) is 9.80. The standard InChI is InChI=1S/C12H16ClNO/c1-7-3-11(14-6-7)10-5-9(13)4-8(2)12(10)15/h4-5,7,11,14-15H,3,6H2,1-2H3/t7-,11+/m1/s1. The third kappa shape index (κ3) is 2.11. The molecule has 0 amide bonds. The van der Waals surface area contributed by atoms with Crippen LogP contribution in [0.1, 0.15) is 30.5 Å². The van der Waals surface area contributed by atoms with E-state index in [0.717, 1.165) is 24.1 Å². The molecule has 0 saturated carbocycles. The molecule has 1 fully saturated rings. The molecule has 0 radical (unpaired) electrons. The number of phenolic OH excluding ortho intramolecular Hbond substituents is 1. The lowest BCUT2D eigenvalue weighted by molar-refractivity contribution is 0.452. The average molecular weight is 226 g/mol. The van der Waals surface area contributed by atoms with Crippen molar-refractivity contribution >= 4 is 11.6 Å². The van der Waals surface area contributed by atoms with Gasteiger partial charge in [0.1, 0.15) is 5.75 Å². The number of phenols is 1. The molecular weight excluding hydrogens is 210 g/mol. The fourth-order valence-electron chi connectivity index (χ4n) is 2.18. The van der Waals surface area contributed by atoms with Gasteiger partial charge in [-0.2, -0.15) is 0 Å². The van der Waals surface area contributed by atoms with Crippen molar-refractivity contribution < 1.29 is 5.11 Å². The van der Waals surface area contributed by atoms with Crippen molar-refractivity contribution in [2.75, 3.05) is 6.54 Å². The van der Waals surface area contributed by atoms with Crippen molar-refractivity contribution in [1.82, 2.24) is 5.32 Å². The van der Waals surface area contributed by atoms with Crippen molar-refractivity contribution in [3.05, 3.63) is 28.3 Å². The van der Waals surface area contributed by atoms with Gasteiger partial charge in [-0.1, -0.05) is 18.5 Å². The molecule has 1 aliphatic rings. The Hall–Kier alpha value is -0.730. The van der Waals surface area contributed by atoms with Gasteiger partial charge in [-0.15, -0.1) is 0 Å². The molecule has 0 aliphatic carbocycles. The summed E-state index contributed by atoms with van der Waals surface area (Å²) in [7, 11) is 0. The normalized spacial score (nSPS) is 25.8. The van der Waals surface area contributed by atoms with Crippen molar-refractivity contribution in [3.63, 3.8) is 0 Å². The Morgan fingerprint density at radius 1 is 1.47 bits per heavy atom. The van der Waals surface area contributed by atoms with Crippen LogP contribution in [0.5, 0.6) is 5.75 Å². The molecule has 2 atom stereocenters. The Morgan fingerprint density at radius 3 is 2.80 bits per heavy atom. The van der Waals surface area contributed by atoms with Crippen LogP contribution < -0.4 is 5.32 Å². The monoisotopic (exact) mass is 225 g/mol. The van der Waals surface area contributed by atoms with E-state index in [1.165, 1.54) is 0 Å². The van der Waals surface area contributed by atoms with Crippen LogP contribution in [0.4, 0.5) is 0 Å². The number of hydrogen-bond donors (Lipinski definition) is 2. The minimum atomic E-state index is 0.248. The molecule has 0 bridgehead atoms. The highest BCUT2D eigenvalue weighted by Gasteiger charge is 2.25. The van der Waals surface area contributed by atoms with Crippen LogP contribution in [-0.4, -0.2) is 11.7 Å². The topological polar surface area (TPSA) is 32.3 Å². The molecule has 2 nitrogen and oxygen atoms in total. The first kappa shape index (κ1) is 10.8. The summed E-state index contributed by atoms with van der Waals surface area (Å²) >= 11 is 6.00. The van der Waals surface area contributed by atoms with Crippen LogP contribution in [0.15, 0.2) is 12.1 Å². The minimum Gasteiger partial charge on any atom is -0.507 e. The second-order valence-electron chi connectivity index (χ2n) is 4.46. The van der Waals surface area contributed by atoms with E-state index in [1.807, 2.05) is 13.0 Å². The van der Waals surface area contributed by atoms with Gasteiger partial charge in [0.05, 0.1) is 0 Å². The van der Waals surface area contributed by atoms with E-state index in [9.17, 15) is 5.11 Å². The summed E-state index contributed by atoms with van der Waals surface area (Å²) in [5.74, 6) is 1.04. The van der Waals surface area contributed by atoms with Gasteiger partial charge >= 0.3 is 0 Å². The molecule has 0 aromatic heterocycles. The van der Waals surface area contributed by atoms with Crippen molar-refractivity contribution in [1.29, 1.82) is 0 Å². The van der Waals surface area contributed by atoms with Crippen molar-refractivity contribution in [3.8, 4) is 5.75 Å². The van der Waals surface area contributed by atoms with Crippen LogP contribution in [-0.2, 0) is 0 Å². The molecule has 15 heavy (non-hydrogen) atoms. The zero-order valence-electron chi connectivity index (χ0n) is 9.05. The molecule has 2 N–H and O–H groups in total. The maximum Gasteiger partial charge on any atom is 0.123 e. The highest BCUT2D eigenvalue weighted by Crippen LogP contribution is 2.36. The van der Waals surface area contributed by atoms with Gasteiger partial charge in [0.2, 0.25) is 0 Å². The molecule has 1 saturated heterocycles. The Labute approximate surface area is 95.3 Å². The third-order valence-electron chi connectivity index (χ3n) is 3.02. The van der Waals surface area contributed by atoms with E-state index in [2.05, 4.69) is 12.2 Å². The van der Waals surface area contributed by atoms with E-state index in [-0.39, 0.29) is 6.04 Å². The van der Waals surface area contributed by atoms with E-state index in [0.29, 0.717) is 16.7 Å². The summed E-state index contributed by atoms with van der Waals surface area (Å²) < 4.78 is 0. The van der Waals surface area contributed by atoms with Gasteiger partial charge in [-0.05, 0) is 43.5 Å². The van der Waals surface area contributed by atoms with E-state index in [1.54, 1.807) is 6.07 Å². The molecule has 0 spiro atoms. The smallest absolute Gasteiger partial charge is 0.123 e. The molecule has 1 aliphatic heterocycles. The minimum absolute atomic E-state index is 0.248. The third-order valence-corrected chi connectivity index (χ3v) is 3.24. The van der Waals surface area contributed by atoms with Crippen molar-refractivity contribution in [2.45, 2.75) is 26.3 Å². The molecular formula is C12H16ClNO. The Morgan fingerprint density at radius 2 is 2.20 bits per heavy atom. The summed E-state index contributed by atoms with van der Waals surface area (Å²) in [6.07, 6.45) is 1.06. The summed E-state index contributed by atoms with van der Waals surface area (Å²) in [5.41, 5.74) is 1.78. The second-order valence-corrected chi connectivity index (χ2v) is 4.90. The lowest BCUT2D eigenvalue weighted by Crippen LogP contribution is -2.13. The number of benzene rings is 1. The Balaban J connectivity index is 2.35. The quantitative estimate of drug-likeness (QED) is 0.770. The molecule has 3 heteroatoms. The number of aryl methyl sites for hydroxylation is 1. The zero-order chi connectivity index (χ0) is 11.0. The van der Waals surface area contributed by atoms with E-state index in [4.69, 9.17) is 11.6 Å². The van der Waals surface area contributed by atoms with Gasteiger partial charge in [0, 0.05) is 16.6 Å². The fraction of sp³-hybridized carbons (Fsp3) is 0.500. The predicted molar refractivity (Wildman–Crippen MR) is 62.4 cm³/mol. The fourth-order valence-corrected chi connectivity index (χ4v) is 2.46. The predicted octanol–water partition coefficient (Wildman–Crippen LogP) is 3.02. The van der Waals surface area contributed by atoms with Gasteiger partial charge < -0.3 is 10.4 Å². The number of halogens is 1. The van der Waals surface area contributed by atoms with Crippen LogP contribution in [0, 0.1) is 12.8 Å². The summed E-state index contributed by atoms with van der Waals surface area (Å²) in [4.78, 5) is 0. The summed E-state index contributed by atoms with van der Waals surface area (Å²) in [6, 6.07) is 3.90. The van der Waals surface area contributed by atoms with Gasteiger partial charge in [0.15, 0.2) is 0 Å². The van der Waals surface area contributed by atoms with E-state index >= 15 is 0 Å². The number of nitrogens with one attached hydrogen (secondary N) is 1. The lowest BCUT2D eigenvalue weighted by Gasteiger charge is -2.14. The highest BCUT2D eigenvalue weighted by atomic mass is 35.5. The molecule has 1 heterocycles. The van der Waals surface area contributed by atoms with Crippen LogP contribution in [0.2, 0.25) is 5.02 Å². The first-order chi connectivity index (χ1) is 7.08. The van der Waals surface area contributed by atoms with Crippen LogP contribution in [0.25, 0.3) is 0 Å². The summed E-state index contributed by atoms with van der Waals surface area (Å²) in [5, 5.41) is 14.1. The van der Waals surface area contributed by atoms with Gasteiger partial charge in [-0.25, -0.2) is 0 Å². The van der Waals surface area contributed by atoms with Crippen molar-refractivity contribution in [2.24, 2.45) is 5.92 Å². The average Bonchev–Trinajstić information content (AvgIpc) is 2.58. The number of rotatable bonds is 1. The lowest BCUT2D eigenvalue weighted by atomic mass is 9.98. The van der Waals surface area contributed by atoms with E-state index < -0.39 is 0 Å². The molecule has 82 valence electrons. The number of hydrogen-bond acceptors (Lipinski definition) is 2. The first-order valence-electron chi connectivity index (χ1n) is 5.30.